The Kier molecular flexibility index (Phi) is 6.27. The molecule has 8 heteroatoms. The van der Waals surface area contributed by atoms with Gasteiger partial charge in [-0.3, -0.25) is 9.36 Å². The van der Waals surface area contributed by atoms with Gasteiger partial charge in [-0.05, 0) is 36.2 Å². The van der Waals surface area contributed by atoms with Gasteiger partial charge in [-0.2, -0.15) is 0 Å². The van der Waals surface area contributed by atoms with Crippen LogP contribution in [0.3, 0.4) is 0 Å². The van der Waals surface area contributed by atoms with E-state index in [2.05, 4.69) is 22.8 Å². The quantitative estimate of drug-likeness (QED) is 0.395. The maximum absolute atomic E-state index is 12.9. The Morgan fingerprint density at radius 1 is 1.16 bits per heavy atom. The third-order valence-electron chi connectivity index (χ3n) is 5.18. The molecule has 31 heavy (non-hydrogen) atoms. The van der Waals surface area contributed by atoms with E-state index in [-0.39, 0.29) is 11.7 Å². The van der Waals surface area contributed by atoms with Crippen molar-refractivity contribution in [3.8, 4) is 22.9 Å². The van der Waals surface area contributed by atoms with Crippen LogP contribution in [0.15, 0.2) is 60.3 Å². The summed E-state index contributed by atoms with van der Waals surface area (Å²) in [7, 11) is 3.20. The molecule has 0 unspecified atom stereocenters. The molecule has 0 aliphatic carbocycles. The Balaban J connectivity index is 1.54. The molecule has 1 aliphatic rings. The van der Waals surface area contributed by atoms with E-state index in [1.54, 1.807) is 20.3 Å². The summed E-state index contributed by atoms with van der Waals surface area (Å²) in [5.74, 6) is 2.30. The number of methoxy groups -OCH3 is 2. The van der Waals surface area contributed by atoms with Crippen molar-refractivity contribution in [2.75, 3.05) is 31.4 Å². The van der Waals surface area contributed by atoms with Gasteiger partial charge in [0.15, 0.2) is 22.5 Å². The summed E-state index contributed by atoms with van der Waals surface area (Å²) in [6, 6.07) is 13.7. The Labute approximate surface area is 185 Å². The van der Waals surface area contributed by atoms with Gasteiger partial charge in [0.1, 0.15) is 0 Å². The molecule has 2 aromatic carbocycles. The number of anilines is 1. The van der Waals surface area contributed by atoms with E-state index in [9.17, 15) is 4.79 Å². The van der Waals surface area contributed by atoms with E-state index in [0.717, 1.165) is 24.2 Å². The van der Waals surface area contributed by atoms with Gasteiger partial charge >= 0.3 is 0 Å². The van der Waals surface area contributed by atoms with Crippen LogP contribution >= 0.6 is 11.8 Å². The number of allylic oxidation sites excluding steroid dienone is 1. The van der Waals surface area contributed by atoms with Crippen molar-refractivity contribution < 1.29 is 14.3 Å². The minimum atomic E-state index is 0.0655. The van der Waals surface area contributed by atoms with Crippen molar-refractivity contribution in [1.82, 2.24) is 14.8 Å². The zero-order chi connectivity index (χ0) is 21.8. The van der Waals surface area contributed by atoms with Crippen LogP contribution < -0.4 is 14.4 Å². The third-order valence-corrected chi connectivity index (χ3v) is 6.13. The van der Waals surface area contributed by atoms with Crippen molar-refractivity contribution >= 4 is 23.4 Å². The average Bonchev–Trinajstić information content (AvgIpc) is 3.41. The predicted octanol–water partition coefficient (Wildman–Crippen LogP) is 3.83. The predicted molar refractivity (Wildman–Crippen MR) is 122 cm³/mol. The lowest BCUT2D eigenvalue weighted by Crippen LogP contribution is -2.30. The van der Waals surface area contributed by atoms with E-state index in [0.29, 0.717) is 29.0 Å². The first-order valence-corrected chi connectivity index (χ1v) is 10.9. The molecule has 1 aliphatic heterocycles. The van der Waals surface area contributed by atoms with Crippen molar-refractivity contribution in [3.05, 3.63) is 60.7 Å². The molecule has 3 aromatic rings. The monoisotopic (exact) mass is 436 g/mol. The second-order valence-electron chi connectivity index (χ2n) is 6.99. The Morgan fingerprint density at radius 2 is 1.97 bits per heavy atom. The van der Waals surface area contributed by atoms with Crippen LogP contribution in [0.2, 0.25) is 0 Å². The first kappa shape index (κ1) is 21.0. The van der Waals surface area contributed by atoms with Gasteiger partial charge in [-0.15, -0.1) is 16.8 Å². The highest BCUT2D eigenvalue weighted by atomic mass is 32.2. The number of nitrogens with zero attached hydrogens (tertiary/aromatic N) is 4. The molecule has 4 rings (SSSR count). The van der Waals surface area contributed by atoms with Crippen LogP contribution in [0, 0.1) is 0 Å². The van der Waals surface area contributed by atoms with E-state index in [1.807, 2.05) is 45.9 Å². The molecule has 160 valence electrons. The number of ether oxygens (including phenoxy) is 2. The minimum absolute atomic E-state index is 0.0655. The maximum atomic E-state index is 12.9. The molecule has 0 saturated carbocycles. The van der Waals surface area contributed by atoms with Crippen molar-refractivity contribution in [2.24, 2.45) is 0 Å². The number of carbonyl (C=O) groups is 1. The Morgan fingerprint density at radius 3 is 2.74 bits per heavy atom. The van der Waals surface area contributed by atoms with Crippen molar-refractivity contribution in [1.29, 1.82) is 0 Å². The number of aromatic nitrogens is 3. The largest absolute Gasteiger partial charge is 0.493 e. The van der Waals surface area contributed by atoms with Gasteiger partial charge in [0.25, 0.3) is 0 Å². The van der Waals surface area contributed by atoms with Gasteiger partial charge < -0.3 is 14.4 Å². The highest BCUT2D eigenvalue weighted by Crippen LogP contribution is 2.33. The molecule has 0 spiro atoms. The number of thioether (sulfide) groups is 1. The van der Waals surface area contributed by atoms with Gasteiger partial charge in [-0.1, -0.05) is 36.0 Å². The summed E-state index contributed by atoms with van der Waals surface area (Å²) in [6.07, 6.45) is 2.68. The molecule has 0 bridgehead atoms. The number of hydrogen-bond donors (Lipinski definition) is 0. The molecule has 0 atom stereocenters. The number of amides is 1. The maximum Gasteiger partial charge on any atom is 0.237 e. The number of hydrogen-bond acceptors (Lipinski definition) is 6. The first-order chi connectivity index (χ1) is 15.2. The van der Waals surface area contributed by atoms with E-state index in [1.165, 1.54) is 17.3 Å². The highest BCUT2D eigenvalue weighted by molar-refractivity contribution is 7.99. The summed E-state index contributed by atoms with van der Waals surface area (Å²) in [5.41, 5.74) is 3.07. The third kappa shape index (κ3) is 4.16. The van der Waals surface area contributed by atoms with Crippen LogP contribution in [0.5, 0.6) is 11.5 Å². The fourth-order valence-electron chi connectivity index (χ4n) is 3.68. The topological polar surface area (TPSA) is 69.5 Å². The summed E-state index contributed by atoms with van der Waals surface area (Å²) in [5, 5.41) is 9.38. The Hall–Kier alpha value is -3.26. The minimum Gasteiger partial charge on any atom is -0.493 e. The van der Waals surface area contributed by atoms with Gasteiger partial charge in [-0.25, -0.2) is 0 Å². The van der Waals surface area contributed by atoms with Gasteiger partial charge in [0.2, 0.25) is 5.91 Å². The molecule has 1 aromatic heterocycles. The summed E-state index contributed by atoms with van der Waals surface area (Å²) in [6.45, 7) is 5.10. The SMILES string of the molecule is C=CCn1c(SCC(=O)N2CCc3ccccc32)nnc1-c1ccc(OC)c(OC)c1. The fourth-order valence-corrected chi connectivity index (χ4v) is 4.50. The summed E-state index contributed by atoms with van der Waals surface area (Å²) >= 11 is 1.38. The molecule has 0 fully saturated rings. The second kappa shape index (κ2) is 9.26. The lowest BCUT2D eigenvalue weighted by molar-refractivity contribution is -0.116. The van der Waals surface area contributed by atoms with E-state index in [4.69, 9.17) is 9.47 Å². The molecule has 1 amide bonds. The van der Waals surface area contributed by atoms with Crippen molar-refractivity contribution in [3.63, 3.8) is 0 Å². The molecule has 0 N–H and O–H groups in total. The summed E-state index contributed by atoms with van der Waals surface area (Å²) in [4.78, 5) is 14.7. The molecule has 0 radical (unpaired) electrons. The second-order valence-corrected chi connectivity index (χ2v) is 7.93. The van der Waals surface area contributed by atoms with Gasteiger partial charge in [0, 0.05) is 24.3 Å². The van der Waals surface area contributed by atoms with Crippen LogP contribution in [0.25, 0.3) is 11.4 Å². The lowest BCUT2D eigenvalue weighted by Gasteiger charge is -2.17. The van der Waals surface area contributed by atoms with E-state index >= 15 is 0 Å². The standard InChI is InChI=1S/C23H24N4O3S/c1-4-12-27-22(17-9-10-19(29-2)20(14-17)30-3)24-25-23(27)31-15-21(28)26-13-11-16-7-5-6-8-18(16)26/h4-10,14H,1,11-13,15H2,2-3H3. The van der Waals surface area contributed by atoms with Crippen molar-refractivity contribution in [2.45, 2.75) is 18.1 Å². The van der Waals surface area contributed by atoms with E-state index < -0.39 is 0 Å². The highest BCUT2D eigenvalue weighted by Gasteiger charge is 2.25. The zero-order valence-electron chi connectivity index (χ0n) is 17.6. The number of benzene rings is 2. The molecule has 7 nitrogen and oxygen atoms in total. The van der Waals surface area contributed by atoms with Crippen LogP contribution in [0.1, 0.15) is 5.56 Å². The normalized spacial score (nSPS) is 12.5. The number of para-hydroxylation sites is 1. The lowest BCUT2D eigenvalue weighted by atomic mass is 10.2. The molecular formula is C23H24N4O3S. The Bertz CT molecular complexity index is 1110. The van der Waals surface area contributed by atoms with Crippen LogP contribution in [-0.2, 0) is 17.8 Å². The number of fused-ring (bicyclic) bond motifs is 1. The number of rotatable bonds is 8. The average molecular weight is 437 g/mol. The number of carbonyl (C=O) groups excluding carboxylic acids is 1. The molecular weight excluding hydrogens is 412 g/mol. The zero-order valence-corrected chi connectivity index (χ0v) is 18.4. The van der Waals surface area contributed by atoms with Gasteiger partial charge in [0.05, 0.1) is 20.0 Å². The first-order valence-electron chi connectivity index (χ1n) is 9.93. The summed E-state index contributed by atoms with van der Waals surface area (Å²) < 4.78 is 12.7. The fraction of sp³-hybridized carbons (Fsp3) is 0.261. The molecule has 0 saturated heterocycles. The van der Waals surface area contributed by atoms with Crippen LogP contribution in [0.4, 0.5) is 5.69 Å². The molecule has 2 heterocycles. The van der Waals surface area contributed by atoms with Crippen LogP contribution in [-0.4, -0.2) is 47.2 Å². The smallest absolute Gasteiger partial charge is 0.237 e.